The summed E-state index contributed by atoms with van der Waals surface area (Å²) < 4.78 is 5.07. The molecule has 0 aliphatic heterocycles. The third kappa shape index (κ3) is 1.64. The van der Waals surface area contributed by atoms with E-state index in [-0.39, 0.29) is 0 Å². The first-order valence-corrected chi connectivity index (χ1v) is 4.01. The van der Waals surface area contributed by atoms with E-state index in [1.165, 1.54) is 0 Å². The molecule has 0 fully saturated rings. The first-order valence-electron chi connectivity index (χ1n) is 4.01. The molecule has 0 saturated heterocycles. The van der Waals surface area contributed by atoms with Crippen molar-refractivity contribution in [3.05, 3.63) is 28.5 Å². The molecule has 0 aliphatic rings. The largest absolute Gasteiger partial charge is 0.356 e. The Kier molecular flexibility index (Phi) is 2.86. The van der Waals surface area contributed by atoms with Crippen LogP contribution in [-0.2, 0) is 0 Å². The topological polar surface area (TPSA) is 26.0 Å². The second kappa shape index (κ2) is 3.90. The zero-order valence-corrected chi connectivity index (χ0v) is 7.66. The average Bonchev–Trinajstić information content (AvgIpc) is 2.43. The summed E-state index contributed by atoms with van der Waals surface area (Å²) in [5.74, 6) is 0. The van der Waals surface area contributed by atoms with Gasteiger partial charge in [-0.2, -0.15) is 0 Å². The van der Waals surface area contributed by atoms with E-state index in [0.29, 0.717) is 0 Å². The van der Waals surface area contributed by atoms with E-state index in [0.717, 1.165) is 16.3 Å². The molecule has 0 amide bonds. The van der Waals surface area contributed by atoms with Gasteiger partial charge < -0.3 is 4.52 Å². The Labute approximate surface area is 71.9 Å². The molecule has 2 nitrogen and oxygen atoms in total. The van der Waals surface area contributed by atoms with Gasteiger partial charge in [0.15, 0.2) is 5.42 Å². The maximum Gasteiger partial charge on any atom is 0.162 e. The third-order valence-electron chi connectivity index (χ3n) is 1.65. The minimum absolute atomic E-state index is 0.839. The Bertz CT molecular complexity index is 384. The van der Waals surface area contributed by atoms with Gasteiger partial charge in [0.1, 0.15) is 0 Å². The molecular weight excluding hydrogens is 150 g/mol. The molecule has 0 aromatic carbocycles. The summed E-state index contributed by atoms with van der Waals surface area (Å²) in [6.45, 7) is 5.85. The lowest BCUT2D eigenvalue weighted by atomic mass is 10.3. The van der Waals surface area contributed by atoms with Crippen LogP contribution in [0.15, 0.2) is 16.7 Å². The van der Waals surface area contributed by atoms with E-state index in [1.807, 2.05) is 45.1 Å². The highest BCUT2D eigenvalue weighted by atomic mass is 16.5. The van der Waals surface area contributed by atoms with E-state index >= 15 is 0 Å². The fraction of sp³-hybridized carbons (Fsp3) is 0.300. The van der Waals surface area contributed by atoms with Crippen molar-refractivity contribution in [3.8, 4) is 0 Å². The van der Waals surface area contributed by atoms with Gasteiger partial charge in [-0.15, -0.1) is 0 Å². The number of hydrogen-bond donors (Lipinski definition) is 0. The van der Waals surface area contributed by atoms with Crippen LogP contribution in [-0.4, -0.2) is 5.16 Å². The van der Waals surface area contributed by atoms with Crippen molar-refractivity contribution in [2.24, 2.45) is 0 Å². The Morgan fingerprint density at radius 1 is 1.33 bits per heavy atom. The van der Waals surface area contributed by atoms with Crippen molar-refractivity contribution in [3.63, 3.8) is 0 Å². The predicted molar refractivity (Wildman–Crippen MR) is 49.9 cm³/mol. The van der Waals surface area contributed by atoms with Crippen LogP contribution in [0.25, 0.3) is 12.2 Å². The highest BCUT2D eigenvalue weighted by Gasteiger charge is 1.94. The van der Waals surface area contributed by atoms with E-state index in [2.05, 4.69) is 5.16 Å². The summed E-state index contributed by atoms with van der Waals surface area (Å²) in [6, 6.07) is 0. The number of nitrogens with zero attached hydrogens (tertiary/aromatic N) is 1. The molecule has 0 unspecified atom stereocenters. The van der Waals surface area contributed by atoms with Crippen LogP contribution >= 0.6 is 0 Å². The Hall–Kier alpha value is -1.31. The van der Waals surface area contributed by atoms with Gasteiger partial charge in [0, 0.05) is 5.22 Å². The molecule has 1 aromatic rings. The first kappa shape index (κ1) is 8.78. The van der Waals surface area contributed by atoms with Crippen molar-refractivity contribution < 1.29 is 4.52 Å². The van der Waals surface area contributed by atoms with E-state index in [9.17, 15) is 0 Å². The minimum atomic E-state index is 0.839. The molecule has 2 heteroatoms. The maximum atomic E-state index is 5.07. The summed E-state index contributed by atoms with van der Waals surface area (Å²) in [7, 11) is 0. The predicted octanol–water partition coefficient (Wildman–Crippen LogP) is 1.14. The molecular formula is C10H13NO. The number of allylic oxidation sites excluding steroid dienone is 2. The second-order valence-electron chi connectivity index (χ2n) is 2.53. The average molecular weight is 163 g/mol. The van der Waals surface area contributed by atoms with Gasteiger partial charge >= 0.3 is 0 Å². The van der Waals surface area contributed by atoms with E-state index < -0.39 is 0 Å². The zero-order chi connectivity index (χ0) is 8.97. The van der Waals surface area contributed by atoms with Crippen LogP contribution in [0.1, 0.15) is 19.5 Å². The van der Waals surface area contributed by atoms with Gasteiger partial charge in [-0.3, -0.25) is 0 Å². The summed E-state index contributed by atoms with van der Waals surface area (Å²) >= 11 is 0. The molecule has 1 rings (SSSR count). The smallest absolute Gasteiger partial charge is 0.162 e. The molecule has 0 spiro atoms. The summed E-state index contributed by atoms with van der Waals surface area (Å²) in [6.07, 6.45) is 7.87. The highest BCUT2D eigenvalue weighted by Crippen LogP contribution is 1.78. The number of aromatic nitrogens is 1. The van der Waals surface area contributed by atoms with Gasteiger partial charge in [0.05, 0.1) is 5.69 Å². The zero-order valence-electron chi connectivity index (χ0n) is 7.66. The first-order chi connectivity index (χ1) is 5.79. The molecule has 1 aromatic heterocycles. The van der Waals surface area contributed by atoms with Crippen molar-refractivity contribution in [1.29, 1.82) is 0 Å². The fourth-order valence-corrected chi connectivity index (χ4v) is 0.998. The van der Waals surface area contributed by atoms with Crippen LogP contribution in [0.5, 0.6) is 0 Å². The maximum absolute atomic E-state index is 5.07. The molecule has 1 heterocycles. The van der Waals surface area contributed by atoms with Gasteiger partial charge in [-0.25, -0.2) is 0 Å². The lowest BCUT2D eigenvalue weighted by Crippen LogP contribution is -2.20. The number of rotatable bonds is 1. The van der Waals surface area contributed by atoms with Crippen LogP contribution in [0.4, 0.5) is 0 Å². The van der Waals surface area contributed by atoms with Crippen molar-refractivity contribution in [2.75, 3.05) is 0 Å². The lowest BCUT2D eigenvalue weighted by molar-refractivity contribution is 0.389. The summed E-state index contributed by atoms with van der Waals surface area (Å²) in [5, 5.41) is 4.93. The summed E-state index contributed by atoms with van der Waals surface area (Å²) in [5.41, 5.74) is 1.77. The van der Waals surface area contributed by atoms with Crippen LogP contribution in [0.3, 0.4) is 0 Å². The van der Waals surface area contributed by atoms with Crippen molar-refractivity contribution in [2.45, 2.75) is 20.8 Å². The summed E-state index contributed by atoms with van der Waals surface area (Å²) in [4.78, 5) is 0. The van der Waals surface area contributed by atoms with Crippen molar-refractivity contribution in [1.82, 2.24) is 5.16 Å². The van der Waals surface area contributed by atoms with Crippen LogP contribution in [0, 0.1) is 6.92 Å². The number of hydrogen-bond acceptors (Lipinski definition) is 2. The molecule has 64 valence electrons. The molecule has 0 saturated carbocycles. The van der Waals surface area contributed by atoms with Crippen LogP contribution < -0.4 is 10.6 Å². The van der Waals surface area contributed by atoms with Gasteiger partial charge in [0.2, 0.25) is 0 Å². The third-order valence-corrected chi connectivity index (χ3v) is 1.65. The van der Waals surface area contributed by atoms with Crippen molar-refractivity contribution >= 4 is 12.2 Å². The SMILES string of the molecule is C\C=C/C=c1/c(C)no/c1=C/C. The standard InChI is InChI=1S/C10H13NO/c1-4-6-7-9-8(3)11-12-10(9)5-2/h4-7H,1-3H3/b6-4-,9-7-,10-5+. The molecule has 12 heavy (non-hydrogen) atoms. The van der Waals surface area contributed by atoms with Gasteiger partial charge in [-0.05, 0) is 32.9 Å². The Morgan fingerprint density at radius 3 is 2.67 bits per heavy atom. The fourth-order valence-electron chi connectivity index (χ4n) is 0.998. The lowest BCUT2D eigenvalue weighted by Gasteiger charge is -1.75. The van der Waals surface area contributed by atoms with Gasteiger partial charge in [-0.1, -0.05) is 17.3 Å². The van der Waals surface area contributed by atoms with E-state index in [1.54, 1.807) is 0 Å². The number of aryl methyl sites for hydroxylation is 1. The highest BCUT2D eigenvalue weighted by molar-refractivity contribution is 5.38. The monoisotopic (exact) mass is 163 g/mol. The molecule has 0 bridgehead atoms. The van der Waals surface area contributed by atoms with E-state index in [4.69, 9.17) is 4.52 Å². The molecule has 0 N–H and O–H groups in total. The van der Waals surface area contributed by atoms with Gasteiger partial charge in [0.25, 0.3) is 0 Å². The van der Waals surface area contributed by atoms with Crippen LogP contribution in [0.2, 0.25) is 0 Å². The quantitative estimate of drug-likeness (QED) is 0.620. The molecule has 0 atom stereocenters. The molecule has 0 aliphatic carbocycles. The Balaban J connectivity index is 3.39. The normalized spacial score (nSPS) is 14.9. The second-order valence-corrected chi connectivity index (χ2v) is 2.53. The minimum Gasteiger partial charge on any atom is -0.356 e. The molecule has 0 radical (unpaired) electrons. The Morgan fingerprint density at radius 2 is 2.08 bits per heavy atom.